The molecule has 10 heteroatoms. The number of carboxylic acids is 1. The van der Waals surface area contributed by atoms with Crippen LogP contribution in [-0.4, -0.2) is 32.0 Å². The van der Waals surface area contributed by atoms with Crippen molar-refractivity contribution >= 4 is 33.2 Å². The maximum absolute atomic E-state index is 12.5. The lowest BCUT2D eigenvalue weighted by molar-refractivity contribution is -0.139. The van der Waals surface area contributed by atoms with E-state index in [1.54, 1.807) is 6.92 Å². The number of rotatable bonds is 7. The SMILES string of the molecule is Cc1cc(S(=O)(=O)NNC(=O)c2cc3c(s2)CCCCCC3)ccc1OCC(=O)O. The van der Waals surface area contributed by atoms with Crippen LogP contribution < -0.4 is 15.0 Å². The summed E-state index contributed by atoms with van der Waals surface area (Å²) in [5.41, 5.74) is 3.92. The molecule has 1 amide bonds. The number of nitrogens with one attached hydrogen (secondary N) is 2. The molecule has 1 aromatic carbocycles. The highest BCUT2D eigenvalue weighted by molar-refractivity contribution is 7.89. The highest BCUT2D eigenvalue weighted by atomic mass is 32.2. The summed E-state index contributed by atoms with van der Waals surface area (Å²) in [7, 11) is -4.00. The van der Waals surface area contributed by atoms with Crippen molar-refractivity contribution in [1.29, 1.82) is 0 Å². The number of hydrogen-bond acceptors (Lipinski definition) is 6. The molecule has 0 unspecified atom stereocenters. The number of hydrazine groups is 1. The van der Waals surface area contributed by atoms with Crippen LogP contribution in [0.4, 0.5) is 0 Å². The molecule has 0 radical (unpaired) electrons. The van der Waals surface area contributed by atoms with Crippen molar-refractivity contribution in [2.24, 2.45) is 0 Å². The van der Waals surface area contributed by atoms with Gasteiger partial charge < -0.3 is 9.84 Å². The lowest BCUT2D eigenvalue weighted by Crippen LogP contribution is -2.41. The Labute approximate surface area is 179 Å². The monoisotopic (exact) mass is 452 g/mol. The number of aliphatic carboxylic acids is 1. The van der Waals surface area contributed by atoms with Gasteiger partial charge in [0.25, 0.3) is 15.9 Å². The van der Waals surface area contributed by atoms with Crippen molar-refractivity contribution in [1.82, 2.24) is 10.3 Å². The van der Waals surface area contributed by atoms with Crippen LogP contribution in [0, 0.1) is 6.92 Å². The number of carbonyl (C=O) groups excluding carboxylic acids is 1. The van der Waals surface area contributed by atoms with Crippen molar-refractivity contribution in [3.05, 3.63) is 45.1 Å². The van der Waals surface area contributed by atoms with Crippen molar-refractivity contribution in [3.8, 4) is 5.75 Å². The van der Waals surface area contributed by atoms with E-state index in [1.165, 1.54) is 52.8 Å². The summed E-state index contributed by atoms with van der Waals surface area (Å²) >= 11 is 1.41. The van der Waals surface area contributed by atoms with Gasteiger partial charge in [0.1, 0.15) is 5.75 Å². The second-order valence-electron chi connectivity index (χ2n) is 7.14. The number of hydrogen-bond donors (Lipinski definition) is 3. The Balaban J connectivity index is 1.66. The first kappa shape index (κ1) is 22.3. The van der Waals surface area contributed by atoms with E-state index in [1.807, 2.05) is 6.07 Å². The van der Waals surface area contributed by atoms with Gasteiger partial charge in [0, 0.05) is 4.88 Å². The molecule has 0 fully saturated rings. The van der Waals surface area contributed by atoms with Gasteiger partial charge in [-0.2, -0.15) is 0 Å². The molecule has 2 aromatic rings. The van der Waals surface area contributed by atoms with Crippen LogP contribution in [0.2, 0.25) is 0 Å². The van der Waals surface area contributed by atoms with Crippen LogP contribution in [0.25, 0.3) is 0 Å². The van der Waals surface area contributed by atoms with Gasteiger partial charge in [-0.3, -0.25) is 10.2 Å². The Morgan fingerprint density at radius 1 is 1.13 bits per heavy atom. The van der Waals surface area contributed by atoms with Gasteiger partial charge in [-0.25, -0.2) is 13.2 Å². The van der Waals surface area contributed by atoms with E-state index >= 15 is 0 Å². The summed E-state index contributed by atoms with van der Waals surface area (Å²) < 4.78 is 30.1. The number of aryl methyl sites for hydroxylation is 3. The molecule has 0 bridgehead atoms. The fraction of sp³-hybridized carbons (Fsp3) is 0.400. The highest BCUT2D eigenvalue weighted by Gasteiger charge is 2.20. The minimum Gasteiger partial charge on any atom is -0.482 e. The van der Waals surface area contributed by atoms with Crippen molar-refractivity contribution < 1.29 is 27.9 Å². The number of ether oxygens (including phenoxy) is 1. The molecule has 8 nitrogen and oxygen atoms in total. The third-order valence-corrected chi connectivity index (χ3v) is 7.31. The van der Waals surface area contributed by atoms with Crippen LogP contribution in [-0.2, 0) is 27.7 Å². The quantitative estimate of drug-likeness (QED) is 0.556. The normalized spacial score (nSPS) is 14.3. The minimum absolute atomic E-state index is 0.0681. The third-order valence-electron chi connectivity index (χ3n) is 4.83. The second-order valence-corrected chi connectivity index (χ2v) is 9.96. The average molecular weight is 453 g/mol. The van der Waals surface area contributed by atoms with Crippen molar-refractivity contribution in [3.63, 3.8) is 0 Å². The first-order chi connectivity index (χ1) is 14.3. The van der Waals surface area contributed by atoms with E-state index in [9.17, 15) is 18.0 Å². The molecule has 1 aliphatic carbocycles. The van der Waals surface area contributed by atoms with E-state index < -0.39 is 28.5 Å². The lowest BCUT2D eigenvalue weighted by Gasteiger charge is -2.11. The zero-order valence-electron chi connectivity index (χ0n) is 16.6. The standard InChI is InChI=1S/C20H24N2O6S2/c1-13-10-15(8-9-16(13)28-12-19(23)24)30(26,27)22-21-20(25)18-11-14-6-4-2-3-5-7-17(14)29-18/h8-11,22H,2-7,12H2,1H3,(H,21,25)(H,23,24). The zero-order chi connectivity index (χ0) is 21.7. The van der Waals surface area contributed by atoms with Crippen LogP contribution >= 0.6 is 11.3 Å². The second kappa shape index (κ2) is 9.59. The largest absolute Gasteiger partial charge is 0.482 e. The number of thiophene rings is 1. The van der Waals surface area contributed by atoms with Crippen LogP contribution in [0.3, 0.4) is 0 Å². The number of amides is 1. The smallest absolute Gasteiger partial charge is 0.341 e. The molecule has 162 valence electrons. The van der Waals surface area contributed by atoms with Gasteiger partial charge in [-0.15, -0.1) is 16.2 Å². The molecule has 0 saturated heterocycles. The molecule has 0 atom stereocenters. The van der Waals surface area contributed by atoms with Crippen molar-refractivity contribution in [2.45, 2.75) is 50.3 Å². The molecule has 0 saturated carbocycles. The van der Waals surface area contributed by atoms with Crippen LogP contribution in [0.15, 0.2) is 29.2 Å². The predicted molar refractivity (Wildman–Crippen MR) is 112 cm³/mol. The van der Waals surface area contributed by atoms with Gasteiger partial charge in [0.15, 0.2) is 6.61 Å². The van der Waals surface area contributed by atoms with E-state index in [0.717, 1.165) is 25.7 Å². The average Bonchev–Trinajstić information content (AvgIpc) is 3.07. The highest BCUT2D eigenvalue weighted by Crippen LogP contribution is 2.28. The maximum Gasteiger partial charge on any atom is 0.341 e. The molecule has 1 heterocycles. The van der Waals surface area contributed by atoms with E-state index in [0.29, 0.717) is 10.4 Å². The van der Waals surface area contributed by atoms with Gasteiger partial charge in [0.2, 0.25) is 0 Å². The van der Waals surface area contributed by atoms with Gasteiger partial charge >= 0.3 is 5.97 Å². The Morgan fingerprint density at radius 2 is 1.87 bits per heavy atom. The van der Waals surface area contributed by atoms with E-state index in [2.05, 4.69) is 10.3 Å². The molecule has 1 aliphatic rings. The first-order valence-electron chi connectivity index (χ1n) is 9.65. The third kappa shape index (κ3) is 5.59. The Morgan fingerprint density at radius 3 is 2.57 bits per heavy atom. The molecular formula is C20H24N2O6S2. The van der Waals surface area contributed by atoms with Gasteiger partial charge in [-0.05, 0) is 68.0 Å². The number of sulfonamides is 1. The maximum atomic E-state index is 12.5. The van der Waals surface area contributed by atoms with E-state index in [4.69, 9.17) is 9.84 Å². The van der Waals surface area contributed by atoms with Crippen LogP contribution in [0.1, 0.15) is 51.4 Å². The Bertz CT molecular complexity index is 1020. The molecule has 0 spiro atoms. The van der Waals surface area contributed by atoms with Crippen molar-refractivity contribution in [2.75, 3.05) is 6.61 Å². The number of carbonyl (C=O) groups is 2. The Kier molecular flexibility index (Phi) is 7.11. The fourth-order valence-corrected chi connectivity index (χ4v) is 5.35. The summed E-state index contributed by atoms with van der Waals surface area (Å²) in [5, 5.41) is 8.68. The summed E-state index contributed by atoms with van der Waals surface area (Å²) in [6.45, 7) is 1.09. The minimum atomic E-state index is -4.00. The molecule has 1 aromatic heterocycles. The molecule has 0 aliphatic heterocycles. The summed E-state index contributed by atoms with van der Waals surface area (Å²) in [6, 6.07) is 5.87. The number of carboxylic acid groups (broad SMARTS) is 1. The lowest BCUT2D eigenvalue weighted by atomic mass is 10.00. The molecular weight excluding hydrogens is 428 g/mol. The molecule has 3 rings (SSSR count). The summed E-state index contributed by atoms with van der Waals surface area (Å²) in [5.74, 6) is -1.35. The fourth-order valence-electron chi connectivity index (χ4n) is 3.28. The number of benzene rings is 1. The zero-order valence-corrected chi connectivity index (χ0v) is 18.2. The topological polar surface area (TPSA) is 122 Å². The first-order valence-corrected chi connectivity index (χ1v) is 12.0. The summed E-state index contributed by atoms with van der Waals surface area (Å²) in [4.78, 5) is 26.8. The molecule has 30 heavy (non-hydrogen) atoms. The predicted octanol–water partition coefficient (Wildman–Crippen LogP) is 2.80. The number of fused-ring (bicyclic) bond motifs is 1. The van der Waals surface area contributed by atoms with Crippen LogP contribution in [0.5, 0.6) is 5.75 Å². The summed E-state index contributed by atoms with van der Waals surface area (Å²) in [6.07, 6.45) is 6.49. The van der Waals surface area contributed by atoms with E-state index in [-0.39, 0.29) is 10.6 Å². The Hall–Kier alpha value is -2.43. The van der Waals surface area contributed by atoms with Gasteiger partial charge in [-0.1, -0.05) is 12.8 Å². The van der Waals surface area contributed by atoms with Gasteiger partial charge in [0.05, 0.1) is 9.77 Å². The molecule has 3 N–H and O–H groups in total.